The molecule has 0 radical (unpaired) electrons. The highest BCUT2D eigenvalue weighted by atomic mass is 79.9. The predicted octanol–water partition coefficient (Wildman–Crippen LogP) is 7.29. The number of aliphatic imine (C=N–C) groups is 1. The zero-order valence-electron chi connectivity index (χ0n) is 19.1. The second-order valence-electron chi connectivity index (χ2n) is 9.60. The van der Waals surface area contributed by atoms with Crippen molar-refractivity contribution in [3.8, 4) is 5.75 Å². The van der Waals surface area contributed by atoms with E-state index in [4.69, 9.17) is 26.8 Å². The molecular formula is C23H30BrClN4OSi. The molecule has 0 aliphatic rings. The van der Waals surface area contributed by atoms with Gasteiger partial charge >= 0.3 is 0 Å². The van der Waals surface area contributed by atoms with E-state index >= 15 is 0 Å². The first-order valence-corrected chi connectivity index (χ1v) is 14.4. The standard InChI is InChI=1S/C23H30BrClN4OSi/c1-14(2)17-11-16(30-31(6,7)23(3,4)5)8-9-19(17)28-22(26)18-12-27-29-13-15(24)10-20(29)21(18)25/h8-14H,1-7H3,(H2,26,28). The second-order valence-corrected chi connectivity index (χ2v) is 15.6. The third-order valence-corrected chi connectivity index (χ3v) is 11.0. The number of aromatic nitrogens is 2. The molecule has 0 spiro atoms. The third-order valence-electron chi connectivity index (χ3n) is 5.86. The average molecular weight is 522 g/mol. The SMILES string of the molecule is CC(C)c1cc(O[Si](C)(C)C(C)(C)C)ccc1N=C(N)c1cnn2cc(Br)cc2c1Cl. The fourth-order valence-corrected chi connectivity index (χ4v) is 4.69. The lowest BCUT2D eigenvalue weighted by atomic mass is 10.0. The molecule has 8 heteroatoms. The highest BCUT2D eigenvalue weighted by Gasteiger charge is 2.39. The summed E-state index contributed by atoms with van der Waals surface area (Å²) in [6.45, 7) is 15.5. The van der Waals surface area contributed by atoms with E-state index in [1.165, 1.54) is 0 Å². The van der Waals surface area contributed by atoms with Crippen molar-refractivity contribution < 1.29 is 4.43 Å². The number of nitrogens with zero attached hydrogens (tertiary/aromatic N) is 3. The summed E-state index contributed by atoms with van der Waals surface area (Å²) < 4.78 is 9.09. The van der Waals surface area contributed by atoms with Crippen molar-refractivity contribution in [3.05, 3.63) is 57.3 Å². The van der Waals surface area contributed by atoms with E-state index in [0.29, 0.717) is 16.4 Å². The molecule has 0 saturated heterocycles. The molecule has 0 fully saturated rings. The van der Waals surface area contributed by atoms with Crippen LogP contribution in [0.5, 0.6) is 5.75 Å². The number of hydrogen-bond donors (Lipinski definition) is 1. The van der Waals surface area contributed by atoms with Gasteiger partial charge in [-0.15, -0.1) is 0 Å². The molecule has 31 heavy (non-hydrogen) atoms. The van der Waals surface area contributed by atoms with Gasteiger partial charge in [-0.3, -0.25) is 0 Å². The quantitative estimate of drug-likeness (QED) is 0.218. The summed E-state index contributed by atoms with van der Waals surface area (Å²) in [5.74, 6) is 1.47. The van der Waals surface area contributed by atoms with E-state index in [-0.39, 0.29) is 11.0 Å². The van der Waals surface area contributed by atoms with Gasteiger partial charge in [0.15, 0.2) is 0 Å². The van der Waals surface area contributed by atoms with Gasteiger partial charge in [0.2, 0.25) is 8.32 Å². The Morgan fingerprint density at radius 1 is 1.26 bits per heavy atom. The number of halogens is 2. The molecule has 166 valence electrons. The van der Waals surface area contributed by atoms with E-state index in [1.807, 2.05) is 24.4 Å². The monoisotopic (exact) mass is 520 g/mol. The van der Waals surface area contributed by atoms with E-state index in [0.717, 1.165) is 27.0 Å². The van der Waals surface area contributed by atoms with Crippen LogP contribution in [-0.4, -0.2) is 23.8 Å². The summed E-state index contributed by atoms with van der Waals surface area (Å²) in [6.07, 6.45) is 3.49. The first-order chi connectivity index (χ1) is 14.3. The predicted molar refractivity (Wildman–Crippen MR) is 137 cm³/mol. The maximum atomic E-state index is 6.60. The topological polar surface area (TPSA) is 64.9 Å². The summed E-state index contributed by atoms with van der Waals surface area (Å²) in [6, 6.07) is 7.94. The van der Waals surface area contributed by atoms with Crippen molar-refractivity contribution in [1.82, 2.24) is 9.61 Å². The molecule has 0 unspecified atom stereocenters. The molecule has 0 amide bonds. The Labute approximate surface area is 198 Å². The van der Waals surface area contributed by atoms with Gasteiger partial charge in [-0.1, -0.05) is 46.2 Å². The molecule has 0 atom stereocenters. The molecule has 3 rings (SSSR count). The lowest BCUT2D eigenvalue weighted by Gasteiger charge is -2.36. The zero-order chi connectivity index (χ0) is 23.1. The lowest BCUT2D eigenvalue weighted by molar-refractivity contribution is 0.491. The van der Waals surface area contributed by atoms with Gasteiger partial charge in [-0.05, 0) is 69.8 Å². The van der Waals surface area contributed by atoms with Crippen LogP contribution in [0.4, 0.5) is 5.69 Å². The molecular weight excluding hydrogens is 492 g/mol. The largest absolute Gasteiger partial charge is 0.543 e. The van der Waals surface area contributed by atoms with Crippen molar-refractivity contribution in [3.63, 3.8) is 0 Å². The summed E-state index contributed by atoms with van der Waals surface area (Å²) >= 11 is 10.1. The fraction of sp³-hybridized carbons (Fsp3) is 0.391. The molecule has 0 bridgehead atoms. The Kier molecular flexibility index (Phi) is 6.61. The number of benzene rings is 1. The van der Waals surface area contributed by atoms with Gasteiger partial charge in [-0.2, -0.15) is 5.10 Å². The molecule has 0 saturated carbocycles. The third kappa shape index (κ3) is 4.99. The van der Waals surface area contributed by atoms with Crippen molar-refractivity contribution in [2.24, 2.45) is 10.7 Å². The number of amidine groups is 1. The molecule has 0 aliphatic heterocycles. The van der Waals surface area contributed by atoms with Gasteiger partial charge in [0.1, 0.15) is 11.6 Å². The van der Waals surface area contributed by atoms with Crippen LogP contribution < -0.4 is 10.2 Å². The minimum Gasteiger partial charge on any atom is -0.543 e. The molecule has 2 heterocycles. The normalized spacial score (nSPS) is 13.3. The zero-order valence-corrected chi connectivity index (χ0v) is 22.5. The number of rotatable bonds is 5. The van der Waals surface area contributed by atoms with E-state index in [1.54, 1.807) is 10.7 Å². The molecule has 2 aromatic heterocycles. The van der Waals surface area contributed by atoms with Gasteiger partial charge in [0.25, 0.3) is 0 Å². The Balaban J connectivity index is 2.01. The van der Waals surface area contributed by atoms with E-state index < -0.39 is 8.32 Å². The van der Waals surface area contributed by atoms with Crippen molar-refractivity contribution in [2.45, 2.75) is 58.7 Å². The number of hydrogen-bond acceptors (Lipinski definition) is 3. The van der Waals surface area contributed by atoms with Gasteiger partial charge in [0, 0.05) is 10.7 Å². The first kappa shape index (κ1) is 23.8. The van der Waals surface area contributed by atoms with Gasteiger partial charge < -0.3 is 10.2 Å². The lowest BCUT2D eigenvalue weighted by Crippen LogP contribution is -2.43. The van der Waals surface area contributed by atoms with Crippen LogP contribution in [0.2, 0.25) is 23.2 Å². The summed E-state index contributed by atoms with van der Waals surface area (Å²) in [5.41, 5.74) is 9.64. The van der Waals surface area contributed by atoms with Crippen LogP contribution in [0, 0.1) is 0 Å². The Bertz CT molecular complexity index is 1150. The summed E-state index contributed by atoms with van der Waals surface area (Å²) in [7, 11) is -1.93. The molecule has 2 N–H and O–H groups in total. The van der Waals surface area contributed by atoms with Crippen LogP contribution in [0.25, 0.3) is 5.52 Å². The van der Waals surface area contributed by atoms with Crippen LogP contribution in [0.3, 0.4) is 0 Å². The van der Waals surface area contributed by atoms with E-state index in [9.17, 15) is 0 Å². The highest BCUT2D eigenvalue weighted by molar-refractivity contribution is 9.10. The van der Waals surface area contributed by atoms with Crippen molar-refractivity contribution in [2.75, 3.05) is 0 Å². The second kappa shape index (κ2) is 8.60. The van der Waals surface area contributed by atoms with Crippen molar-refractivity contribution in [1.29, 1.82) is 0 Å². The van der Waals surface area contributed by atoms with E-state index in [2.05, 4.69) is 74.8 Å². The van der Waals surface area contributed by atoms with Crippen LogP contribution in [0.15, 0.2) is 46.1 Å². The average Bonchev–Trinajstić information content (AvgIpc) is 3.03. The Morgan fingerprint density at radius 3 is 2.55 bits per heavy atom. The first-order valence-electron chi connectivity index (χ1n) is 10.3. The van der Waals surface area contributed by atoms with Gasteiger partial charge in [0.05, 0.1) is 28.0 Å². The smallest absolute Gasteiger partial charge is 0.250 e. The minimum absolute atomic E-state index is 0.127. The molecule has 3 aromatic rings. The van der Waals surface area contributed by atoms with Crippen LogP contribution in [0.1, 0.15) is 51.7 Å². The maximum Gasteiger partial charge on any atom is 0.250 e. The number of fused-ring (bicyclic) bond motifs is 1. The van der Waals surface area contributed by atoms with Crippen LogP contribution >= 0.6 is 27.5 Å². The molecule has 1 aromatic carbocycles. The maximum absolute atomic E-state index is 6.60. The summed E-state index contributed by atoms with van der Waals surface area (Å²) in [4.78, 5) is 4.72. The molecule has 0 aliphatic carbocycles. The Morgan fingerprint density at radius 2 is 1.94 bits per heavy atom. The van der Waals surface area contributed by atoms with Crippen molar-refractivity contribution >= 4 is 52.9 Å². The van der Waals surface area contributed by atoms with Gasteiger partial charge in [-0.25, -0.2) is 9.51 Å². The van der Waals surface area contributed by atoms with Crippen LogP contribution in [-0.2, 0) is 0 Å². The minimum atomic E-state index is -1.93. The Hall–Kier alpha value is -1.83. The summed E-state index contributed by atoms with van der Waals surface area (Å²) in [5, 5.41) is 5.03. The number of nitrogens with two attached hydrogens (primary N) is 1. The fourth-order valence-electron chi connectivity index (χ4n) is 2.97. The molecule has 5 nitrogen and oxygen atoms in total. The highest BCUT2D eigenvalue weighted by Crippen LogP contribution is 2.39.